The minimum atomic E-state index is 0.192. The Morgan fingerprint density at radius 1 is 1.41 bits per heavy atom. The predicted octanol–water partition coefficient (Wildman–Crippen LogP) is 2.96. The summed E-state index contributed by atoms with van der Waals surface area (Å²) < 4.78 is 6.73. The fourth-order valence-electron chi connectivity index (χ4n) is 2.77. The van der Waals surface area contributed by atoms with Crippen LogP contribution in [0.5, 0.6) is 0 Å². The maximum atomic E-state index is 5.53. The second-order valence-electron chi connectivity index (χ2n) is 4.79. The lowest BCUT2D eigenvalue weighted by atomic mass is 9.67. The Bertz CT molecular complexity index is 376. The highest BCUT2D eigenvalue weighted by Gasteiger charge is 2.46. The smallest absolute Gasteiger partial charge is 0.0589 e. The first-order valence-corrected chi connectivity index (χ1v) is 7.01. The van der Waals surface area contributed by atoms with Gasteiger partial charge in [-0.15, -0.1) is 0 Å². The van der Waals surface area contributed by atoms with Crippen molar-refractivity contribution in [2.24, 2.45) is 5.92 Å². The van der Waals surface area contributed by atoms with Crippen LogP contribution < -0.4 is 5.32 Å². The van der Waals surface area contributed by atoms with E-state index in [1.54, 1.807) is 0 Å². The number of halogens is 1. The van der Waals surface area contributed by atoms with Crippen molar-refractivity contribution in [2.75, 3.05) is 26.8 Å². The molecule has 2 nitrogen and oxygen atoms in total. The molecule has 1 N–H and O–H groups in total. The molecule has 0 bridgehead atoms. The number of ether oxygens (including phenoxy) is 1. The molecule has 1 unspecified atom stereocenters. The summed E-state index contributed by atoms with van der Waals surface area (Å²) in [6.45, 7) is 4.99. The SMILES string of the molecule is CCC(CNC)C1(c2ccccc2Br)COC1. The van der Waals surface area contributed by atoms with Crippen molar-refractivity contribution < 1.29 is 4.74 Å². The van der Waals surface area contributed by atoms with Crippen LogP contribution in [0.4, 0.5) is 0 Å². The Kier molecular flexibility index (Phi) is 4.23. The van der Waals surface area contributed by atoms with Gasteiger partial charge in [-0.25, -0.2) is 0 Å². The third-order valence-electron chi connectivity index (χ3n) is 3.85. The molecule has 1 heterocycles. The van der Waals surface area contributed by atoms with Gasteiger partial charge in [-0.3, -0.25) is 0 Å². The highest BCUT2D eigenvalue weighted by Crippen LogP contribution is 2.43. The monoisotopic (exact) mass is 297 g/mol. The Morgan fingerprint density at radius 2 is 2.12 bits per heavy atom. The molecule has 1 saturated heterocycles. The van der Waals surface area contributed by atoms with Gasteiger partial charge in [0.1, 0.15) is 0 Å². The van der Waals surface area contributed by atoms with Crippen LogP contribution in [-0.4, -0.2) is 26.8 Å². The van der Waals surface area contributed by atoms with Gasteiger partial charge in [0.15, 0.2) is 0 Å². The summed E-state index contributed by atoms with van der Waals surface area (Å²) in [6, 6.07) is 8.54. The standard InChI is InChI=1S/C14H20BrNO/c1-3-11(8-16-2)14(9-17-10-14)12-6-4-5-7-13(12)15/h4-7,11,16H,3,8-10H2,1-2H3. The molecular weight excluding hydrogens is 278 g/mol. The van der Waals surface area contributed by atoms with Crippen LogP contribution in [0.3, 0.4) is 0 Å². The van der Waals surface area contributed by atoms with Crippen molar-refractivity contribution in [3.05, 3.63) is 34.3 Å². The molecule has 94 valence electrons. The molecule has 17 heavy (non-hydrogen) atoms. The van der Waals surface area contributed by atoms with Crippen LogP contribution in [0.1, 0.15) is 18.9 Å². The number of benzene rings is 1. The van der Waals surface area contributed by atoms with E-state index in [4.69, 9.17) is 4.74 Å². The van der Waals surface area contributed by atoms with Gasteiger partial charge in [0.2, 0.25) is 0 Å². The van der Waals surface area contributed by atoms with Crippen LogP contribution in [0.15, 0.2) is 28.7 Å². The molecule has 1 aliphatic rings. The van der Waals surface area contributed by atoms with Gasteiger partial charge in [0.25, 0.3) is 0 Å². The van der Waals surface area contributed by atoms with Crippen molar-refractivity contribution in [3.63, 3.8) is 0 Å². The van der Waals surface area contributed by atoms with Crippen LogP contribution in [-0.2, 0) is 10.2 Å². The molecule has 1 aromatic rings. The molecule has 3 heteroatoms. The lowest BCUT2D eigenvalue weighted by molar-refractivity contribution is -0.0913. The van der Waals surface area contributed by atoms with Crippen LogP contribution in [0.2, 0.25) is 0 Å². The summed E-state index contributed by atoms with van der Waals surface area (Å²) >= 11 is 3.68. The molecule has 0 radical (unpaired) electrons. The van der Waals surface area contributed by atoms with E-state index in [9.17, 15) is 0 Å². The fourth-order valence-corrected chi connectivity index (χ4v) is 3.45. The van der Waals surface area contributed by atoms with Gasteiger partial charge >= 0.3 is 0 Å². The summed E-state index contributed by atoms with van der Waals surface area (Å²) in [6.07, 6.45) is 1.17. The molecule has 1 aromatic carbocycles. The molecule has 1 aliphatic heterocycles. The first kappa shape index (κ1) is 13.1. The van der Waals surface area contributed by atoms with Crippen molar-refractivity contribution in [1.29, 1.82) is 0 Å². The number of nitrogens with one attached hydrogen (secondary N) is 1. The second kappa shape index (κ2) is 5.51. The molecule has 2 rings (SSSR count). The average Bonchev–Trinajstić information content (AvgIpc) is 2.28. The van der Waals surface area contributed by atoms with E-state index in [0.717, 1.165) is 19.8 Å². The van der Waals surface area contributed by atoms with Crippen molar-refractivity contribution in [1.82, 2.24) is 5.32 Å². The summed E-state index contributed by atoms with van der Waals surface area (Å²) in [5, 5.41) is 3.31. The second-order valence-corrected chi connectivity index (χ2v) is 5.65. The van der Waals surface area contributed by atoms with Crippen molar-refractivity contribution in [3.8, 4) is 0 Å². The Hall–Kier alpha value is -0.380. The summed E-state index contributed by atoms with van der Waals surface area (Å²) in [5.74, 6) is 0.625. The summed E-state index contributed by atoms with van der Waals surface area (Å²) in [4.78, 5) is 0. The van der Waals surface area contributed by atoms with E-state index < -0.39 is 0 Å². The van der Waals surface area contributed by atoms with Gasteiger partial charge < -0.3 is 10.1 Å². The Balaban J connectivity index is 2.34. The van der Waals surface area contributed by atoms with E-state index in [0.29, 0.717) is 5.92 Å². The van der Waals surface area contributed by atoms with Crippen molar-refractivity contribution in [2.45, 2.75) is 18.8 Å². The lowest BCUT2D eigenvalue weighted by Gasteiger charge is -2.48. The van der Waals surface area contributed by atoms with Gasteiger partial charge in [-0.05, 0) is 31.1 Å². The molecule has 0 spiro atoms. The highest BCUT2D eigenvalue weighted by molar-refractivity contribution is 9.10. The Morgan fingerprint density at radius 3 is 2.59 bits per heavy atom. The van der Waals surface area contributed by atoms with Gasteiger partial charge in [-0.1, -0.05) is 47.5 Å². The average molecular weight is 298 g/mol. The van der Waals surface area contributed by atoms with Gasteiger partial charge in [-0.2, -0.15) is 0 Å². The van der Waals surface area contributed by atoms with Crippen LogP contribution in [0.25, 0.3) is 0 Å². The number of hydrogen-bond acceptors (Lipinski definition) is 2. The minimum absolute atomic E-state index is 0.192. The first-order chi connectivity index (χ1) is 8.24. The quantitative estimate of drug-likeness (QED) is 0.902. The normalized spacial score (nSPS) is 19.7. The third-order valence-corrected chi connectivity index (χ3v) is 4.55. The first-order valence-electron chi connectivity index (χ1n) is 6.22. The summed E-state index contributed by atoms with van der Waals surface area (Å²) in [7, 11) is 2.02. The zero-order valence-electron chi connectivity index (χ0n) is 10.5. The lowest BCUT2D eigenvalue weighted by Crippen LogP contribution is -2.54. The molecular formula is C14H20BrNO. The van der Waals surface area contributed by atoms with Gasteiger partial charge in [0, 0.05) is 9.89 Å². The molecule has 0 amide bonds. The van der Waals surface area contributed by atoms with E-state index in [-0.39, 0.29) is 5.41 Å². The third kappa shape index (κ3) is 2.28. The molecule has 1 atom stereocenters. The molecule has 0 aromatic heterocycles. The maximum absolute atomic E-state index is 5.53. The van der Waals surface area contributed by atoms with E-state index in [2.05, 4.69) is 52.4 Å². The highest BCUT2D eigenvalue weighted by atomic mass is 79.9. The zero-order valence-corrected chi connectivity index (χ0v) is 12.1. The summed E-state index contributed by atoms with van der Waals surface area (Å²) in [5.41, 5.74) is 1.59. The van der Waals surface area contributed by atoms with E-state index in [1.165, 1.54) is 16.5 Å². The van der Waals surface area contributed by atoms with E-state index >= 15 is 0 Å². The van der Waals surface area contributed by atoms with Crippen LogP contribution in [0, 0.1) is 5.92 Å². The molecule has 0 aliphatic carbocycles. The molecule has 0 saturated carbocycles. The zero-order chi connectivity index (χ0) is 12.3. The minimum Gasteiger partial charge on any atom is -0.379 e. The van der Waals surface area contributed by atoms with Gasteiger partial charge in [0.05, 0.1) is 13.2 Å². The fraction of sp³-hybridized carbons (Fsp3) is 0.571. The van der Waals surface area contributed by atoms with Crippen molar-refractivity contribution >= 4 is 15.9 Å². The maximum Gasteiger partial charge on any atom is 0.0589 e. The number of rotatable bonds is 5. The predicted molar refractivity (Wildman–Crippen MR) is 74.3 cm³/mol. The van der Waals surface area contributed by atoms with Crippen LogP contribution >= 0.6 is 15.9 Å². The van der Waals surface area contributed by atoms with E-state index in [1.807, 2.05) is 7.05 Å². The number of hydrogen-bond donors (Lipinski definition) is 1. The Labute approximate surface area is 112 Å². The molecule has 1 fully saturated rings. The topological polar surface area (TPSA) is 21.3 Å². The largest absolute Gasteiger partial charge is 0.379 e.